The molecule has 1 atom stereocenters. The number of hydrogen-bond acceptors (Lipinski definition) is 5. The van der Waals surface area contributed by atoms with Crippen LogP contribution >= 0.6 is 11.8 Å². The highest BCUT2D eigenvalue weighted by Gasteiger charge is 2.09. The van der Waals surface area contributed by atoms with E-state index in [0.717, 1.165) is 11.3 Å². The Hall–Kier alpha value is -1.09. The number of thioether (sulfide) groups is 1. The van der Waals surface area contributed by atoms with Crippen LogP contribution in [0.3, 0.4) is 0 Å². The average Bonchev–Trinajstić information content (AvgIpc) is 2.36. The summed E-state index contributed by atoms with van der Waals surface area (Å²) in [4.78, 5) is 10.2. The smallest absolute Gasteiger partial charge is 0.320 e. The van der Waals surface area contributed by atoms with Crippen LogP contribution in [0.2, 0.25) is 0 Å². The van der Waals surface area contributed by atoms with E-state index in [2.05, 4.69) is 0 Å². The third-order valence-corrected chi connectivity index (χ3v) is 3.87. The molecule has 0 aromatic heterocycles. The first-order valence-electron chi connectivity index (χ1n) is 5.75. The van der Waals surface area contributed by atoms with E-state index in [1.807, 2.05) is 13.2 Å². The van der Waals surface area contributed by atoms with Crippen LogP contribution in [0.4, 0.5) is 0 Å². The number of aryl methyl sites for hydroxylation is 1. The van der Waals surface area contributed by atoms with Crippen LogP contribution in [0, 0.1) is 6.92 Å². The van der Waals surface area contributed by atoms with Crippen molar-refractivity contribution in [1.29, 1.82) is 0 Å². The number of primary sulfonamides is 1. The zero-order valence-corrected chi connectivity index (χ0v) is 13.1. The van der Waals surface area contributed by atoms with E-state index in [9.17, 15) is 13.2 Å². The van der Waals surface area contributed by atoms with Gasteiger partial charge < -0.3 is 10.8 Å². The van der Waals surface area contributed by atoms with E-state index < -0.39 is 22.0 Å². The van der Waals surface area contributed by atoms with Crippen molar-refractivity contribution in [3.63, 3.8) is 0 Å². The summed E-state index contributed by atoms with van der Waals surface area (Å²) in [5.74, 6) is -0.1000. The van der Waals surface area contributed by atoms with Crippen molar-refractivity contribution in [3.8, 4) is 0 Å². The summed E-state index contributed by atoms with van der Waals surface area (Å²) < 4.78 is 21.4. The minimum absolute atomic E-state index is 0.156. The summed E-state index contributed by atoms with van der Waals surface area (Å²) in [5.41, 5.74) is 6.20. The molecule has 114 valence electrons. The maximum atomic E-state index is 10.7. The molecule has 0 spiro atoms. The number of rotatable bonds is 5. The van der Waals surface area contributed by atoms with E-state index in [1.54, 1.807) is 23.9 Å². The van der Waals surface area contributed by atoms with Crippen molar-refractivity contribution in [3.05, 3.63) is 29.8 Å². The fourth-order valence-corrected chi connectivity index (χ4v) is 2.10. The number of nitrogens with two attached hydrogens (primary N) is 2. The first-order chi connectivity index (χ1) is 9.18. The van der Waals surface area contributed by atoms with Gasteiger partial charge in [0.2, 0.25) is 10.0 Å². The number of hydrogen-bond donors (Lipinski definition) is 3. The number of carbonyl (C=O) groups is 1. The van der Waals surface area contributed by atoms with Crippen molar-refractivity contribution in [2.75, 3.05) is 12.0 Å². The van der Waals surface area contributed by atoms with Gasteiger partial charge in [0.05, 0.1) is 4.90 Å². The SMILES string of the molecule is CSCCC(N)C(=O)O.Cc1ccc(S(N)(=O)=O)cc1. The third-order valence-electron chi connectivity index (χ3n) is 2.30. The number of sulfonamides is 1. The molecule has 0 aliphatic rings. The van der Waals surface area contributed by atoms with E-state index >= 15 is 0 Å². The summed E-state index contributed by atoms with van der Waals surface area (Å²) in [5, 5.41) is 13.2. The molecule has 5 N–H and O–H groups in total. The highest BCUT2D eigenvalue weighted by Crippen LogP contribution is 2.06. The Morgan fingerprint density at radius 1 is 1.35 bits per heavy atom. The molecule has 1 unspecified atom stereocenters. The molecule has 0 heterocycles. The fourth-order valence-electron chi connectivity index (χ4n) is 1.10. The summed E-state index contributed by atoms with van der Waals surface area (Å²) in [6.45, 7) is 1.88. The predicted molar refractivity (Wildman–Crippen MR) is 81.2 cm³/mol. The normalized spacial score (nSPS) is 12.2. The summed E-state index contributed by atoms with van der Waals surface area (Å²) in [7, 11) is -3.52. The molecule has 0 radical (unpaired) electrons. The van der Waals surface area contributed by atoms with Gasteiger partial charge in [0, 0.05) is 0 Å². The molecule has 0 fully saturated rings. The van der Waals surface area contributed by atoms with Gasteiger partial charge in [-0.1, -0.05) is 17.7 Å². The van der Waals surface area contributed by atoms with Crippen LogP contribution < -0.4 is 10.9 Å². The van der Waals surface area contributed by atoms with Gasteiger partial charge in [0.1, 0.15) is 6.04 Å². The molecule has 0 aliphatic heterocycles. The molecule has 0 bridgehead atoms. The second kappa shape index (κ2) is 8.96. The summed E-state index contributed by atoms with van der Waals surface area (Å²) in [6, 6.07) is 5.71. The van der Waals surface area contributed by atoms with Gasteiger partial charge in [-0.3, -0.25) is 4.79 Å². The second-order valence-electron chi connectivity index (χ2n) is 4.08. The topological polar surface area (TPSA) is 123 Å². The molecule has 0 amide bonds. The number of carboxylic acid groups (broad SMARTS) is 1. The van der Waals surface area contributed by atoms with E-state index in [0.29, 0.717) is 6.42 Å². The van der Waals surface area contributed by atoms with Crippen LogP contribution in [0.5, 0.6) is 0 Å². The lowest BCUT2D eigenvalue weighted by Gasteiger charge is -2.02. The van der Waals surface area contributed by atoms with Crippen molar-refractivity contribution < 1.29 is 18.3 Å². The lowest BCUT2D eigenvalue weighted by molar-refractivity contribution is -0.138. The first-order valence-corrected chi connectivity index (χ1v) is 8.69. The Balaban J connectivity index is 0.000000370. The van der Waals surface area contributed by atoms with E-state index in [4.69, 9.17) is 16.0 Å². The lowest BCUT2D eigenvalue weighted by Crippen LogP contribution is -2.30. The van der Waals surface area contributed by atoms with Crippen LogP contribution in [0.15, 0.2) is 29.2 Å². The Morgan fingerprint density at radius 3 is 2.20 bits per heavy atom. The second-order valence-corrected chi connectivity index (χ2v) is 6.63. The number of aliphatic carboxylic acids is 1. The van der Waals surface area contributed by atoms with Gasteiger partial charge in [-0.15, -0.1) is 0 Å². The van der Waals surface area contributed by atoms with Gasteiger partial charge in [0.25, 0.3) is 0 Å². The number of benzene rings is 1. The minimum atomic E-state index is -3.52. The zero-order chi connectivity index (χ0) is 15.8. The fraction of sp³-hybridized carbons (Fsp3) is 0.417. The van der Waals surface area contributed by atoms with E-state index in [1.165, 1.54) is 12.1 Å². The molecule has 0 saturated heterocycles. The van der Waals surface area contributed by atoms with Gasteiger partial charge >= 0.3 is 5.97 Å². The van der Waals surface area contributed by atoms with Gasteiger partial charge in [-0.25, -0.2) is 13.6 Å². The Labute approximate surface area is 123 Å². The molecular formula is C12H20N2O4S2. The molecule has 6 nitrogen and oxygen atoms in total. The predicted octanol–water partition coefficient (Wildman–Crippen LogP) is 0.794. The van der Waals surface area contributed by atoms with Crippen LogP contribution in [0.25, 0.3) is 0 Å². The molecule has 1 rings (SSSR count). The lowest BCUT2D eigenvalue weighted by atomic mass is 10.2. The Bertz CT molecular complexity index is 515. The number of carboxylic acids is 1. The molecule has 1 aromatic rings. The third kappa shape index (κ3) is 8.16. The standard InChI is InChI=1S/C7H9NO2S.C5H11NO2S/c1-6-2-4-7(5-3-6)11(8,9)10;1-9-3-2-4(6)5(7)8/h2-5H,1H3,(H2,8,9,10);4H,2-3,6H2,1H3,(H,7,8). The Kier molecular flexibility index (Phi) is 8.47. The minimum Gasteiger partial charge on any atom is -0.480 e. The van der Waals surface area contributed by atoms with Gasteiger partial charge in [-0.05, 0) is 37.5 Å². The molecule has 1 aromatic carbocycles. The highest BCUT2D eigenvalue weighted by atomic mass is 32.2. The molecule has 0 saturated carbocycles. The molecule has 0 aliphatic carbocycles. The molecule has 20 heavy (non-hydrogen) atoms. The van der Waals surface area contributed by atoms with E-state index in [-0.39, 0.29) is 4.90 Å². The molecular weight excluding hydrogens is 300 g/mol. The van der Waals surface area contributed by atoms with Crippen molar-refractivity contribution in [2.24, 2.45) is 10.9 Å². The van der Waals surface area contributed by atoms with Crippen molar-refractivity contribution in [2.45, 2.75) is 24.3 Å². The van der Waals surface area contributed by atoms with Gasteiger partial charge in [-0.2, -0.15) is 11.8 Å². The van der Waals surface area contributed by atoms with Crippen molar-refractivity contribution >= 4 is 27.8 Å². The average molecular weight is 320 g/mol. The highest BCUT2D eigenvalue weighted by molar-refractivity contribution is 7.98. The maximum Gasteiger partial charge on any atom is 0.320 e. The van der Waals surface area contributed by atoms with Gasteiger partial charge in [0.15, 0.2) is 0 Å². The summed E-state index contributed by atoms with van der Waals surface area (Å²) >= 11 is 1.60. The quantitative estimate of drug-likeness (QED) is 0.737. The van der Waals surface area contributed by atoms with Crippen LogP contribution in [0.1, 0.15) is 12.0 Å². The van der Waals surface area contributed by atoms with Crippen LogP contribution in [-0.4, -0.2) is 37.5 Å². The Morgan fingerprint density at radius 2 is 1.85 bits per heavy atom. The first kappa shape index (κ1) is 18.9. The van der Waals surface area contributed by atoms with Crippen molar-refractivity contribution in [1.82, 2.24) is 0 Å². The maximum absolute atomic E-state index is 10.7. The zero-order valence-electron chi connectivity index (χ0n) is 11.4. The molecule has 8 heteroatoms. The summed E-state index contributed by atoms with van der Waals surface area (Å²) in [6.07, 6.45) is 2.48. The van der Waals surface area contributed by atoms with Crippen LogP contribution in [-0.2, 0) is 14.8 Å². The largest absolute Gasteiger partial charge is 0.480 e. The monoisotopic (exact) mass is 320 g/mol.